The lowest BCUT2D eigenvalue weighted by Crippen LogP contribution is -1.98. The van der Waals surface area contributed by atoms with E-state index in [2.05, 4.69) is 13.3 Å². The van der Waals surface area contributed by atoms with Gasteiger partial charge in [-0.3, -0.25) is 0 Å². The molecule has 1 radical (unpaired) electrons. The van der Waals surface area contributed by atoms with E-state index < -0.39 is 0 Å². The van der Waals surface area contributed by atoms with Crippen molar-refractivity contribution in [3.8, 4) is 0 Å². The van der Waals surface area contributed by atoms with E-state index in [0.717, 1.165) is 6.54 Å². The Labute approximate surface area is 65.0 Å². The maximum atomic E-state index is 5.31. The summed E-state index contributed by atoms with van der Waals surface area (Å²) in [6.45, 7) is 2.99. The van der Waals surface area contributed by atoms with Crippen molar-refractivity contribution in [3.63, 3.8) is 0 Å². The first-order valence-corrected chi connectivity index (χ1v) is 4.43. The fourth-order valence-electron chi connectivity index (χ4n) is 1.01. The van der Waals surface area contributed by atoms with Gasteiger partial charge in [0.15, 0.2) is 0 Å². The molecule has 0 unspecified atom stereocenters. The lowest BCUT2D eigenvalue weighted by Gasteiger charge is -1.97. The highest BCUT2D eigenvalue weighted by Gasteiger charge is 1.87. The van der Waals surface area contributed by atoms with E-state index in [1.165, 1.54) is 38.5 Å². The summed E-state index contributed by atoms with van der Waals surface area (Å²) >= 11 is 0. The van der Waals surface area contributed by atoms with Gasteiger partial charge in [-0.05, 0) is 19.4 Å². The van der Waals surface area contributed by atoms with Crippen LogP contribution >= 0.6 is 0 Å². The summed E-state index contributed by atoms with van der Waals surface area (Å²) in [7, 11) is 0. The van der Waals surface area contributed by atoms with E-state index >= 15 is 0 Å². The third-order valence-electron chi connectivity index (χ3n) is 1.68. The third kappa shape index (κ3) is 7.96. The van der Waals surface area contributed by atoms with Crippen LogP contribution in [0.5, 0.6) is 0 Å². The van der Waals surface area contributed by atoms with Crippen molar-refractivity contribution in [2.24, 2.45) is 5.73 Å². The largest absolute Gasteiger partial charge is 0.330 e. The van der Waals surface area contributed by atoms with E-state index in [4.69, 9.17) is 5.73 Å². The van der Waals surface area contributed by atoms with Gasteiger partial charge in [-0.2, -0.15) is 0 Å². The summed E-state index contributed by atoms with van der Waals surface area (Å²) in [5, 5.41) is 0. The van der Waals surface area contributed by atoms with Gasteiger partial charge < -0.3 is 5.73 Å². The summed E-state index contributed by atoms with van der Waals surface area (Å²) in [5.74, 6) is 0. The first kappa shape index (κ1) is 9.96. The second-order valence-corrected chi connectivity index (χ2v) is 2.73. The zero-order valence-corrected chi connectivity index (χ0v) is 7.10. The van der Waals surface area contributed by atoms with Crippen LogP contribution in [0.2, 0.25) is 0 Å². The Kier molecular flexibility index (Phi) is 8.92. The van der Waals surface area contributed by atoms with Crippen LogP contribution in [0, 0.1) is 6.42 Å². The number of hydrogen-bond acceptors (Lipinski definition) is 1. The summed E-state index contributed by atoms with van der Waals surface area (Å²) in [6.07, 6.45) is 10.2. The lowest BCUT2D eigenvalue weighted by atomic mass is 10.1. The van der Waals surface area contributed by atoms with Gasteiger partial charge in [0.2, 0.25) is 0 Å². The number of hydrogen-bond donors (Lipinski definition) is 1. The quantitative estimate of drug-likeness (QED) is 0.543. The maximum absolute atomic E-state index is 5.31. The predicted octanol–water partition coefficient (Wildman–Crippen LogP) is 2.51. The first-order chi connectivity index (χ1) is 4.91. The van der Waals surface area contributed by atoms with Gasteiger partial charge in [-0.15, -0.1) is 0 Å². The Morgan fingerprint density at radius 3 is 2.40 bits per heavy atom. The average Bonchev–Trinajstić information content (AvgIpc) is 1.97. The van der Waals surface area contributed by atoms with Crippen molar-refractivity contribution >= 4 is 0 Å². The Hall–Kier alpha value is -0.0400. The van der Waals surface area contributed by atoms with Gasteiger partial charge >= 0.3 is 0 Å². The highest BCUT2D eigenvalue weighted by Crippen LogP contribution is 2.05. The van der Waals surface area contributed by atoms with Crippen molar-refractivity contribution < 1.29 is 0 Å². The predicted molar refractivity (Wildman–Crippen MR) is 46.7 cm³/mol. The molecule has 0 spiro atoms. The molecule has 0 aromatic rings. The summed E-state index contributed by atoms with van der Waals surface area (Å²) in [6, 6.07) is 0. The van der Waals surface area contributed by atoms with Crippen LogP contribution in [-0.2, 0) is 0 Å². The topological polar surface area (TPSA) is 26.0 Å². The van der Waals surface area contributed by atoms with Crippen LogP contribution < -0.4 is 5.73 Å². The molecule has 1 nitrogen and oxygen atoms in total. The first-order valence-electron chi connectivity index (χ1n) is 4.43. The molecular formula is C9H20N. The molecule has 2 N–H and O–H groups in total. The van der Waals surface area contributed by atoms with Crippen molar-refractivity contribution in [1.29, 1.82) is 0 Å². The molecular weight excluding hydrogens is 122 g/mol. The van der Waals surface area contributed by atoms with Crippen LogP contribution in [0.25, 0.3) is 0 Å². The molecule has 0 aliphatic carbocycles. The van der Waals surface area contributed by atoms with Crippen LogP contribution in [0.15, 0.2) is 0 Å². The van der Waals surface area contributed by atoms with E-state index in [1.54, 1.807) is 0 Å². The monoisotopic (exact) mass is 142 g/mol. The van der Waals surface area contributed by atoms with Crippen molar-refractivity contribution in [2.45, 2.75) is 45.4 Å². The molecule has 10 heavy (non-hydrogen) atoms. The highest BCUT2D eigenvalue weighted by molar-refractivity contribution is 4.63. The molecule has 1 heteroatoms. The number of rotatable bonds is 7. The minimum atomic E-state index is 0.744. The SMILES string of the molecule is CCCCCCC[CH]CN. The van der Waals surface area contributed by atoms with Gasteiger partial charge in [0.25, 0.3) is 0 Å². The zero-order valence-electron chi connectivity index (χ0n) is 7.10. The molecule has 0 aromatic heterocycles. The second-order valence-electron chi connectivity index (χ2n) is 2.73. The van der Waals surface area contributed by atoms with E-state index in [9.17, 15) is 0 Å². The van der Waals surface area contributed by atoms with Gasteiger partial charge in [-0.25, -0.2) is 0 Å². The maximum Gasteiger partial charge on any atom is -0.00457 e. The normalized spacial score (nSPS) is 10.2. The van der Waals surface area contributed by atoms with Crippen molar-refractivity contribution in [2.75, 3.05) is 6.54 Å². The van der Waals surface area contributed by atoms with Gasteiger partial charge in [0.05, 0.1) is 0 Å². The van der Waals surface area contributed by atoms with Crippen LogP contribution in [-0.4, -0.2) is 6.54 Å². The average molecular weight is 142 g/mol. The minimum absolute atomic E-state index is 0.744. The van der Waals surface area contributed by atoms with E-state index in [1.807, 2.05) is 0 Å². The van der Waals surface area contributed by atoms with E-state index in [0.29, 0.717) is 0 Å². The van der Waals surface area contributed by atoms with Crippen molar-refractivity contribution in [1.82, 2.24) is 0 Å². The van der Waals surface area contributed by atoms with Crippen LogP contribution in [0.4, 0.5) is 0 Å². The number of nitrogens with two attached hydrogens (primary N) is 1. The number of unbranched alkanes of at least 4 members (excludes halogenated alkanes) is 6. The fourth-order valence-corrected chi connectivity index (χ4v) is 1.01. The molecule has 0 amide bonds. The summed E-state index contributed by atoms with van der Waals surface area (Å²) < 4.78 is 0. The Morgan fingerprint density at radius 1 is 1.10 bits per heavy atom. The fraction of sp³-hybridized carbons (Fsp3) is 0.889. The van der Waals surface area contributed by atoms with E-state index in [-0.39, 0.29) is 0 Å². The molecule has 0 heterocycles. The lowest BCUT2D eigenvalue weighted by molar-refractivity contribution is 0.626. The third-order valence-corrected chi connectivity index (χ3v) is 1.68. The molecule has 0 saturated carbocycles. The van der Waals surface area contributed by atoms with Crippen LogP contribution in [0.3, 0.4) is 0 Å². The smallest absolute Gasteiger partial charge is 0.00457 e. The Morgan fingerprint density at radius 2 is 1.80 bits per heavy atom. The summed E-state index contributed by atoms with van der Waals surface area (Å²) in [4.78, 5) is 0. The minimum Gasteiger partial charge on any atom is -0.330 e. The van der Waals surface area contributed by atoms with Crippen molar-refractivity contribution in [3.05, 3.63) is 6.42 Å². The standard InChI is InChI=1S/C9H20N/c1-2-3-4-5-6-7-8-9-10/h8H,2-7,9-10H2,1H3. The molecule has 0 aliphatic heterocycles. The zero-order chi connectivity index (χ0) is 7.66. The highest BCUT2D eigenvalue weighted by atomic mass is 14.5. The molecule has 0 aliphatic rings. The summed E-state index contributed by atoms with van der Waals surface area (Å²) in [5.41, 5.74) is 5.31. The van der Waals surface area contributed by atoms with Gasteiger partial charge in [0, 0.05) is 0 Å². The molecule has 0 saturated heterocycles. The Balaban J connectivity index is 2.65. The molecule has 0 aromatic carbocycles. The van der Waals surface area contributed by atoms with Gasteiger partial charge in [0.1, 0.15) is 0 Å². The van der Waals surface area contributed by atoms with Gasteiger partial charge in [-0.1, -0.05) is 39.0 Å². The molecule has 0 atom stereocenters. The Bertz CT molecular complexity index is 44.7. The molecule has 0 rings (SSSR count). The molecule has 0 bridgehead atoms. The molecule has 0 fully saturated rings. The second kappa shape index (κ2) is 8.96. The molecule has 61 valence electrons. The van der Waals surface area contributed by atoms with Crippen LogP contribution in [0.1, 0.15) is 45.4 Å².